The van der Waals surface area contributed by atoms with E-state index in [0.717, 1.165) is 22.0 Å². The van der Waals surface area contributed by atoms with Crippen molar-refractivity contribution in [1.29, 1.82) is 0 Å². The second kappa shape index (κ2) is 6.09. The maximum Gasteiger partial charge on any atom is 0.255 e. The highest BCUT2D eigenvalue weighted by Crippen LogP contribution is 2.21. The molecule has 0 fully saturated rings. The fourth-order valence-electron chi connectivity index (χ4n) is 1.98. The van der Waals surface area contributed by atoms with E-state index in [2.05, 4.69) is 28.2 Å². The molecule has 104 valence electrons. The zero-order valence-electron chi connectivity index (χ0n) is 11.5. The molecule has 2 rings (SSSR count). The van der Waals surface area contributed by atoms with E-state index in [9.17, 15) is 4.79 Å². The summed E-state index contributed by atoms with van der Waals surface area (Å²) in [5.74, 6) is -0.135. The highest BCUT2D eigenvalue weighted by Gasteiger charge is 2.08. The summed E-state index contributed by atoms with van der Waals surface area (Å²) in [7, 11) is 0. The zero-order valence-corrected chi connectivity index (χ0v) is 13.1. The van der Waals surface area contributed by atoms with Gasteiger partial charge in [0.2, 0.25) is 0 Å². The molecule has 0 unspecified atom stereocenters. The van der Waals surface area contributed by atoms with E-state index in [0.29, 0.717) is 16.9 Å². The first-order chi connectivity index (χ1) is 9.51. The minimum atomic E-state index is -0.135. The lowest BCUT2D eigenvalue weighted by molar-refractivity contribution is 0.102. The lowest BCUT2D eigenvalue weighted by Crippen LogP contribution is -2.12. The molecule has 0 aliphatic heterocycles. The highest BCUT2D eigenvalue weighted by atomic mass is 79.9. The summed E-state index contributed by atoms with van der Waals surface area (Å²) in [5, 5.41) is 2.86. The number of hydrogen-bond donors (Lipinski definition) is 2. The number of amides is 1. The summed E-state index contributed by atoms with van der Waals surface area (Å²) in [6.07, 6.45) is 0.881. The first-order valence-electron chi connectivity index (χ1n) is 6.47. The van der Waals surface area contributed by atoms with E-state index >= 15 is 0 Å². The van der Waals surface area contributed by atoms with Crippen molar-refractivity contribution in [3.05, 3.63) is 57.6 Å². The Morgan fingerprint density at radius 3 is 2.60 bits per heavy atom. The maximum absolute atomic E-state index is 12.2. The van der Waals surface area contributed by atoms with Crippen LogP contribution >= 0.6 is 15.9 Å². The molecular formula is C16H17BrN2O. The summed E-state index contributed by atoms with van der Waals surface area (Å²) in [6, 6.07) is 11.1. The van der Waals surface area contributed by atoms with Crippen LogP contribution in [0.15, 0.2) is 40.9 Å². The summed E-state index contributed by atoms with van der Waals surface area (Å²) in [5.41, 5.74) is 10.1. The largest absolute Gasteiger partial charge is 0.398 e. The average Bonchev–Trinajstić information content (AvgIpc) is 2.42. The fraction of sp³-hybridized carbons (Fsp3) is 0.188. The Labute approximate surface area is 127 Å². The Balaban J connectivity index is 2.19. The Morgan fingerprint density at radius 1 is 1.25 bits per heavy atom. The fourth-order valence-corrected chi connectivity index (χ4v) is 2.23. The van der Waals surface area contributed by atoms with Gasteiger partial charge in [-0.25, -0.2) is 0 Å². The van der Waals surface area contributed by atoms with Gasteiger partial charge in [-0.1, -0.05) is 28.9 Å². The van der Waals surface area contributed by atoms with Gasteiger partial charge in [0.15, 0.2) is 0 Å². The number of carbonyl (C=O) groups is 1. The molecule has 3 nitrogen and oxygen atoms in total. The van der Waals surface area contributed by atoms with Crippen LogP contribution in [0.5, 0.6) is 0 Å². The quantitative estimate of drug-likeness (QED) is 0.829. The number of nitrogens with two attached hydrogens (primary N) is 1. The number of hydrogen-bond acceptors (Lipinski definition) is 2. The number of nitrogen functional groups attached to an aromatic ring is 1. The van der Waals surface area contributed by atoms with Crippen LogP contribution in [0.4, 0.5) is 11.4 Å². The molecule has 1 amide bonds. The van der Waals surface area contributed by atoms with Gasteiger partial charge in [-0.3, -0.25) is 4.79 Å². The lowest BCUT2D eigenvalue weighted by Gasteiger charge is -2.09. The molecule has 0 heterocycles. The minimum absolute atomic E-state index is 0.135. The number of aryl methyl sites for hydroxylation is 2. The lowest BCUT2D eigenvalue weighted by atomic mass is 10.1. The molecule has 2 aromatic carbocycles. The van der Waals surface area contributed by atoms with Crippen LogP contribution in [0.1, 0.15) is 28.4 Å². The zero-order chi connectivity index (χ0) is 14.7. The van der Waals surface area contributed by atoms with Gasteiger partial charge < -0.3 is 11.1 Å². The van der Waals surface area contributed by atoms with Crippen LogP contribution in [0.25, 0.3) is 0 Å². The summed E-state index contributed by atoms with van der Waals surface area (Å²) in [6.45, 7) is 4.00. The van der Waals surface area contributed by atoms with Crippen molar-refractivity contribution in [2.24, 2.45) is 0 Å². The number of nitrogens with one attached hydrogen (secondary N) is 1. The van der Waals surface area contributed by atoms with Crippen molar-refractivity contribution in [2.75, 3.05) is 11.1 Å². The van der Waals surface area contributed by atoms with E-state index in [4.69, 9.17) is 5.73 Å². The standard InChI is InChI=1S/C16H17BrN2O/c1-3-11-4-6-13(9-15(11)18)19-16(20)12-5-7-14(17)10(2)8-12/h4-9H,3,18H2,1-2H3,(H,19,20). The third-order valence-corrected chi connectivity index (χ3v) is 4.09. The minimum Gasteiger partial charge on any atom is -0.398 e. The van der Waals surface area contributed by atoms with Gasteiger partial charge in [-0.2, -0.15) is 0 Å². The van der Waals surface area contributed by atoms with Gasteiger partial charge in [0.25, 0.3) is 5.91 Å². The summed E-state index contributed by atoms with van der Waals surface area (Å²) in [4.78, 5) is 12.2. The Morgan fingerprint density at radius 2 is 2.00 bits per heavy atom. The predicted octanol–water partition coefficient (Wildman–Crippen LogP) is 4.15. The van der Waals surface area contributed by atoms with Crippen molar-refractivity contribution in [3.8, 4) is 0 Å². The molecule has 0 spiro atoms. The van der Waals surface area contributed by atoms with Gasteiger partial charge in [0.1, 0.15) is 0 Å². The Hall–Kier alpha value is -1.81. The number of anilines is 2. The van der Waals surface area contributed by atoms with Crippen LogP contribution in [-0.4, -0.2) is 5.91 Å². The van der Waals surface area contributed by atoms with Gasteiger partial charge in [-0.05, 0) is 54.8 Å². The molecular weight excluding hydrogens is 316 g/mol. The number of halogens is 1. The molecule has 0 bridgehead atoms. The third kappa shape index (κ3) is 3.20. The van der Waals surface area contributed by atoms with E-state index in [1.54, 1.807) is 12.1 Å². The average molecular weight is 333 g/mol. The Kier molecular flexibility index (Phi) is 4.45. The molecule has 3 N–H and O–H groups in total. The van der Waals surface area contributed by atoms with Gasteiger partial charge in [0.05, 0.1) is 0 Å². The van der Waals surface area contributed by atoms with Crippen LogP contribution < -0.4 is 11.1 Å². The predicted molar refractivity (Wildman–Crippen MR) is 87.1 cm³/mol. The Bertz CT molecular complexity index is 653. The monoisotopic (exact) mass is 332 g/mol. The maximum atomic E-state index is 12.2. The SMILES string of the molecule is CCc1ccc(NC(=O)c2ccc(Br)c(C)c2)cc1N. The molecule has 2 aromatic rings. The van der Waals surface area contributed by atoms with E-state index in [1.807, 2.05) is 31.2 Å². The van der Waals surface area contributed by atoms with Crippen LogP contribution in [0.2, 0.25) is 0 Å². The van der Waals surface area contributed by atoms with E-state index in [-0.39, 0.29) is 5.91 Å². The van der Waals surface area contributed by atoms with Crippen LogP contribution in [0, 0.1) is 6.92 Å². The van der Waals surface area contributed by atoms with Crippen molar-refractivity contribution in [3.63, 3.8) is 0 Å². The molecule has 20 heavy (non-hydrogen) atoms. The molecule has 0 aromatic heterocycles. The van der Waals surface area contributed by atoms with Gasteiger partial charge in [-0.15, -0.1) is 0 Å². The number of carbonyl (C=O) groups excluding carboxylic acids is 1. The van der Waals surface area contributed by atoms with Crippen molar-refractivity contribution in [2.45, 2.75) is 20.3 Å². The number of benzene rings is 2. The van der Waals surface area contributed by atoms with E-state index < -0.39 is 0 Å². The van der Waals surface area contributed by atoms with Crippen molar-refractivity contribution >= 4 is 33.2 Å². The van der Waals surface area contributed by atoms with Crippen molar-refractivity contribution in [1.82, 2.24) is 0 Å². The number of rotatable bonds is 3. The molecule has 0 aliphatic carbocycles. The normalized spacial score (nSPS) is 10.3. The second-order valence-electron chi connectivity index (χ2n) is 4.69. The second-order valence-corrected chi connectivity index (χ2v) is 5.54. The first-order valence-corrected chi connectivity index (χ1v) is 7.26. The third-order valence-electron chi connectivity index (χ3n) is 3.20. The van der Waals surface area contributed by atoms with Gasteiger partial charge >= 0.3 is 0 Å². The van der Waals surface area contributed by atoms with E-state index in [1.165, 1.54) is 0 Å². The van der Waals surface area contributed by atoms with Crippen molar-refractivity contribution < 1.29 is 4.79 Å². The smallest absolute Gasteiger partial charge is 0.255 e. The summed E-state index contributed by atoms with van der Waals surface area (Å²) >= 11 is 3.42. The molecule has 0 saturated carbocycles. The highest BCUT2D eigenvalue weighted by molar-refractivity contribution is 9.10. The summed E-state index contributed by atoms with van der Waals surface area (Å²) < 4.78 is 0.991. The van der Waals surface area contributed by atoms with Gasteiger partial charge in [0, 0.05) is 21.4 Å². The molecule has 0 atom stereocenters. The van der Waals surface area contributed by atoms with Crippen LogP contribution in [-0.2, 0) is 6.42 Å². The molecule has 0 aliphatic rings. The molecule has 0 saturated heterocycles. The molecule has 4 heteroatoms. The topological polar surface area (TPSA) is 55.1 Å². The van der Waals surface area contributed by atoms with Crippen LogP contribution in [0.3, 0.4) is 0 Å². The first kappa shape index (κ1) is 14.6. The molecule has 0 radical (unpaired) electrons.